The Kier molecular flexibility index (Phi) is 4.62. The maximum absolute atomic E-state index is 13.1. The summed E-state index contributed by atoms with van der Waals surface area (Å²) in [6, 6.07) is 3.49. The summed E-state index contributed by atoms with van der Waals surface area (Å²) in [5, 5.41) is 0. The van der Waals surface area contributed by atoms with Gasteiger partial charge in [0.15, 0.2) is 0 Å². The quantitative estimate of drug-likeness (QED) is 0.828. The lowest BCUT2D eigenvalue weighted by molar-refractivity contribution is 0.310. The largest absolute Gasteiger partial charge is 0.396 e. The standard InChI is InChI=1S/C13H20FN3O2S/c1-16(8-9-17-6-2-3-7-17)20(18,19)11-4-5-12(14)13(15)10-11/h4-5,10H,2-3,6-9,15H2,1H3. The number of nitrogens with two attached hydrogens (primary N) is 1. The second kappa shape index (κ2) is 6.07. The van der Waals surface area contributed by atoms with Crippen LogP contribution >= 0.6 is 0 Å². The smallest absolute Gasteiger partial charge is 0.242 e. The first kappa shape index (κ1) is 15.2. The third kappa shape index (κ3) is 3.28. The zero-order chi connectivity index (χ0) is 14.8. The molecule has 0 atom stereocenters. The molecule has 1 saturated heterocycles. The predicted molar refractivity (Wildman–Crippen MR) is 76.3 cm³/mol. The predicted octanol–water partition coefficient (Wildman–Crippen LogP) is 1.12. The SMILES string of the molecule is CN(CCN1CCCC1)S(=O)(=O)c1ccc(F)c(N)c1. The Bertz CT molecular complexity index is 571. The third-order valence-corrected chi connectivity index (χ3v) is 5.46. The second-order valence-electron chi connectivity index (χ2n) is 5.06. The minimum atomic E-state index is -3.61. The van der Waals surface area contributed by atoms with Gasteiger partial charge in [0.2, 0.25) is 10.0 Å². The molecule has 0 radical (unpaired) electrons. The number of rotatable bonds is 5. The molecule has 1 fully saturated rings. The number of nitrogen functional groups attached to an aromatic ring is 1. The van der Waals surface area contributed by atoms with Gasteiger partial charge >= 0.3 is 0 Å². The van der Waals surface area contributed by atoms with Crippen LogP contribution in [0.4, 0.5) is 10.1 Å². The van der Waals surface area contributed by atoms with E-state index in [0.717, 1.165) is 25.2 Å². The summed E-state index contributed by atoms with van der Waals surface area (Å²) in [6.45, 7) is 3.18. The van der Waals surface area contributed by atoms with Gasteiger partial charge in [-0.2, -0.15) is 4.31 Å². The highest BCUT2D eigenvalue weighted by Crippen LogP contribution is 2.19. The van der Waals surface area contributed by atoms with E-state index in [4.69, 9.17) is 5.73 Å². The average molecular weight is 301 g/mol. The molecular formula is C13H20FN3O2S. The molecule has 0 spiro atoms. The van der Waals surface area contributed by atoms with Crippen molar-refractivity contribution in [2.24, 2.45) is 0 Å². The van der Waals surface area contributed by atoms with Gasteiger partial charge in [0, 0.05) is 20.1 Å². The van der Waals surface area contributed by atoms with Crippen LogP contribution in [0.3, 0.4) is 0 Å². The first-order valence-corrected chi connectivity index (χ1v) is 8.09. The van der Waals surface area contributed by atoms with Crippen molar-refractivity contribution in [3.05, 3.63) is 24.0 Å². The van der Waals surface area contributed by atoms with E-state index >= 15 is 0 Å². The summed E-state index contributed by atoms with van der Waals surface area (Å²) in [5.74, 6) is -0.608. The van der Waals surface area contributed by atoms with Crippen molar-refractivity contribution in [1.29, 1.82) is 0 Å². The van der Waals surface area contributed by atoms with Gasteiger partial charge in [0.1, 0.15) is 5.82 Å². The number of anilines is 1. The van der Waals surface area contributed by atoms with Gasteiger partial charge < -0.3 is 10.6 Å². The first-order chi connectivity index (χ1) is 9.41. The molecule has 0 aromatic heterocycles. The van der Waals surface area contributed by atoms with Crippen LogP contribution in [-0.2, 0) is 10.0 Å². The number of halogens is 1. The molecule has 0 aliphatic carbocycles. The third-order valence-electron chi connectivity index (χ3n) is 3.61. The minimum Gasteiger partial charge on any atom is -0.396 e. The van der Waals surface area contributed by atoms with Crippen molar-refractivity contribution in [1.82, 2.24) is 9.21 Å². The second-order valence-corrected chi connectivity index (χ2v) is 7.10. The molecule has 0 saturated carbocycles. The number of hydrogen-bond acceptors (Lipinski definition) is 4. The molecule has 0 amide bonds. The highest BCUT2D eigenvalue weighted by molar-refractivity contribution is 7.89. The van der Waals surface area contributed by atoms with Gasteiger partial charge in [-0.3, -0.25) is 0 Å². The topological polar surface area (TPSA) is 66.6 Å². The molecule has 0 bridgehead atoms. The van der Waals surface area contributed by atoms with Crippen LogP contribution in [0.5, 0.6) is 0 Å². The Labute approximate surface area is 119 Å². The zero-order valence-electron chi connectivity index (χ0n) is 11.5. The summed E-state index contributed by atoms with van der Waals surface area (Å²) in [7, 11) is -2.08. The Morgan fingerprint density at radius 2 is 2.00 bits per heavy atom. The molecule has 5 nitrogen and oxygen atoms in total. The van der Waals surface area contributed by atoms with Crippen LogP contribution in [0.15, 0.2) is 23.1 Å². The van der Waals surface area contributed by atoms with E-state index in [2.05, 4.69) is 4.90 Å². The molecule has 1 aromatic carbocycles. The monoisotopic (exact) mass is 301 g/mol. The lowest BCUT2D eigenvalue weighted by atomic mass is 10.3. The maximum Gasteiger partial charge on any atom is 0.242 e. The summed E-state index contributed by atoms with van der Waals surface area (Å²) < 4.78 is 39.0. The summed E-state index contributed by atoms with van der Waals surface area (Å²) in [6.07, 6.45) is 2.34. The molecule has 7 heteroatoms. The van der Waals surface area contributed by atoms with E-state index in [1.165, 1.54) is 30.3 Å². The average Bonchev–Trinajstić information content (AvgIpc) is 2.92. The number of hydrogen-bond donors (Lipinski definition) is 1. The molecule has 1 aliphatic heterocycles. The summed E-state index contributed by atoms with van der Waals surface area (Å²) in [5.41, 5.74) is 5.27. The van der Waals surface area contributed by atoms with Crippen molar-refractivity contribution in [2.45, 2.75) is 17.7 Å². The van der Waals surface area contributed by atoms with Crippen LogP contribution < -0.4 is 5.73 Å². The van der Waals surface area contributed by atoms with Crippen molar-refractivity contribution >= 4 is 15.7 Å². The highest BCUT2D eigenvalue weighted by Gasteiger charge is 2.22. The molecule has 0 unspecified atom stereocenters. The normalized spacial score (nSPS) is 16.9. The van der Waals surface area contributed by atoms with Crippen LogP contribution in [0, 0.1) is 5.82 Å². The number of sulfonamides is 1. The van der Waals surface area contributed by atoms with Crippen molar-refractivity contribution in [3.8, 4) is 0 Å². The Balaban J connectivity index is 2.06. The van der Waals surface area contributed by atoms with Crippen LogP contribution in [0.1, 0.15) is 12.8 Å². The molecule has 2 N–H and O–H groups in total. The highest BCUT2D eigenvalue weighted by atomic mass is 32.2. The minimum absolute atomic E-state index is 0.0281. The van der Waals surface area contributed by atoms with Crippen LogP contribution in [-0.4, -0.2) is 50.8 Å². The van der Waals surface area contributed by atoms with Gasteiger partial charge in [0.25, 0.3) is 0 Å². The first-order valence-electron chi connectivity index (χ1n) is 6.65. The molecule has 1 aromatic rings. The van der Waals surface area contributed by atoms with E-state index in [1.54, 1.807) is 0 Å². The fourth-order valence-corrected chi connectivity index (χ4v) is 3.47. The summed E-state index contributed by atoms with van der Waals surface area (Å²) >= 11 is 0. The lowest BCUT2D eigenvalue weighted by Gasteiger charge is -2.21. The number of likely N-dealkylation sites (N-methyl/N-ethyl adjacent to an activating group) is 1. The fourth-order valence-electron chi connectivity index (χ4n) is 2.27. The van der Waals surface area contributed by atoms with Crippen LogP contribution in [0.25, 0.3) is 0 Å². The molecule has 1 aliphatic rings. The number of likely N-dealkylation sites (tertiary alicyclic amines) is 1. The Morgan fingerprint density at radius 3 is 2.60 bits per heavy atom. The van der Waals surface area contributed by atoms with E-state index in [1.807, 2.05) is 0 Å². The van der Waals surface area contributed by atoms with Gasteiger partial charge in [-0.1, -0.05) is 0 Å². The van der Waals surface area contributed by atoms with E-state index in [0.29, 0.717) is 13.1 Å². The van der Waals surface area contributed by atoms with Crippen LogP contribution in [0.2, 0.25) is 0 Å². The van der Waals surface area contributed by atoms with Gasteiger partial charge in [-0.05, 0) is 44.1 Å². The lowest BCUT2D eigenvalue weighted by Crippen LogP contribution is -2.35. The molecule has 20 heavy (non-hydrogen) atoms. The van der Waals surface area contributed by atoms with Crippen molar-refractivity contribution in [2.75, 3.05) is 39.0 Å². The molecular weight excluding hydrogens is 281 g/mol. The van der Waals surface area contributed by atoms with Gasteiger partial charge in [-0.15, -0.1) is 0 Å². The van der Waals surface area contributed by atoms with E-state index < -0.39 is 15.8 Å². The number of benzene rings is 1. The Morgan fingerprint density at radius 1 is 1.35 bits per heavy atom. The van der Waals surface area contributed by atoms with E-state index in [9.17, 15) is 12.8 Å². The molecule has 112 valence electrons. The maximum atomic E-state index is 13.1. The zero-order valence-corrected chi connectivity index (χ0v) is 12.4. The van der Waals surface area contributed by atoms with Gasteiger partial charge in [0.05, 0.1) is 10.6 Å². The summed E-state index contributed by atoms with van der Waals surface area (Å²) in [4.78, 5) is 2.27. The Hall–Kier alpha value is -1.18. The molecule has 2 rings (SSSR count). The van der Waals surface area contributed by atoms with Gasteiger partial charge in [-0.25, -0.2) is 12.8 Å². The number of nitrogens with zero attached hydrogens (tertiary/aromatic N) is 2. The molecule has 1 heterocycles. The van der Waals surface area contributed by atoms with Crippen molar-refractivity contribution in [3.63, 3.8) is 0 Å². The van der Waals surface area contributed by atoms with E-state index in [-0.39, 0.29) is 10.6 Å². The fraction of sp³-hybridized carbons (Fsp3) is 0.538. The van der Waals surface area contributed by atoms with Crippen molar-refractivity contribution < 1.29 is 12.8 Å².